The molecule has 2 saturated heterocycles. The molecule has 35 heavy (non-hydrogen) atoms. The number of nitrogens with zero attached hydrogens (tertiary/aromatic N) is 2. The van der Waals surface area contributed by atoms with Gasteiger partial charge in [0.2, 0.25) is 0 Å². The molecule has 2 aliphatic heterocycles. The third kappa shape index (κ3) is 4.78. The van der Waals surface area contributed by atoms with Crippen LogP contribution in [0, 0.1) is 23.2 Å². The first-order valence-electron chi connectivity index (χ1n) is 13.6. The molecule has 0 radical (unpaired) electrons. The number of rotatable bonds is 6. The number of ether oxygens (including phenoxy) is 1. The van der Waals surface area contributed by atoms with Crippen LogP contribution in [-0.4, -0.2) is 34.2 Å². The van der Waals surface area contributed by atoms with Gasteiger partial charge in [-0.1, -0.05) is 38.0 Å². The molecule has 5 nitrogen and oxygen atoms in total. The van der Waals surface area contributed by atoms with Crippen molar-refractivity contribution in [1.82, 2.24) is 4.90 Å². The third-order valence-electron chi connectivity index (χ3n) is 9.09. The zero-order valence-electron chi connectivity index (χ0n) is 21.1. The maximum atomic E-state index is 11.7. The molecule has 2 aromatic carbocycles. The highest BCUT2D eigenvalue weighted by Crippen LogP contribution is 2.43. The van der Waals surface area contributed by atoms with Gasteiger partial charge >= 0.3 is 5.97 Å². The summed E-state index contributed by atoms with van der Waals surface area (Å²) < 4.78 is 6.40. The smallest absolute Gasteiger partial charge is 0.306 e. The molecular weight excluding hydrogens is 436 g/mol. The molecule has 3 fully saturated rings. The second-order valence-electron chi connectivity index (χ2n) is 11.1. The lowest BCUT2D eigenvalue weighted by Gasteiger charge is -2.51. The molecule has 1 N–H and O–H groups in total. The van der Waals surface area contributed by atoms with Gasteiger partial charge < -0.3 is 9.84 Å². The summed E-state index contributed by atoms with van der Waals surface area (Å²) in [7, 11) is 0. The van der Waals surface area contributed by atoms with Gasteiger partial charge in [0.15, 0.2) is 0 Å². The van der Waals surface area contributed by atoms with Gasteiger partial charge in [-0.25, -0.2) is 0 Å². The topological polar surface area (TPSA) is 73.6 Å². The second-order valence-corrected chi connectivity index (χ2v) is 11.1. The Bertz CT molecular complexity index is 1100. The van der Waals surface area contributed by atoms with Crippen molar-refractivity contribution in [3.8, 4) is 11.8 Å². The first-order valence-corrected chi connectivity index (χ1v) is 13.6. The average Bonchev–Trinajstić information content (AvgIpc) is 2.87. The van der Waals surface area contributed by atoms with Crippen LogP contribution in [0.1, 0.15) is 95.2 Å². The molecule has 0 aromatic heterocycles. The number of nitriles is 1. The van der Waals surface area contributed by atoms with E-state index < -0.39 is 5.97 Å². The van der Waals surface area contributed by atoms with Crippen molar-refractivity contribution in [3.63, 3.8) is 0 Å². The maximum absolute atomic E-state index is 11.7. The minimum Gasteiger partial charge on any atom is -0.489 e. The van der Waals surface area contributed by atoms with Gasteiger partial charge in [0, 0.05) is 23.5 Å². The Morgan fingerprint density at radius 3 is 2.43 bits per heavy atom. The molecule has 1 aliphatic carbocycles. The van der Waals surface area contributed by atoms with Crippen molar-refractivity contribution in [3.05, 3.63) is 41.5 Å². The quantitative estimate of drug-likeness (QED) is 0.496. The molecule has 1 saturated carbocycles. The van der Waals surface area contributed by atoms with Gasteiger partial charge in [-0.15, -0.1) is 0 Å². The van der Waals surface area contributed by atoms with Crippen LogP contribution in [0.2, 0.25) is 0 Å². The number of hydrogen-bond donors (Lipinski definition) is 1. The van der Waals surface area contributed by atoms with Crippen molar-refractivity contribution < 1.29 is 14.6 Å². The van der Waals surface area contributed by atoms with Crippen LogP contribution >= 0.6 is 0 Å². The summed E-state index contributed by atoms with van der Waals surface area (Å²) >= 11 is 0. The van der Waals surface area contributed by atoms with E-state index in [-0.39, 0.29) is 18.1 Å². The van der Waals surface area contributed by atoms with E-state index in [0.29, 0.717) is 23.4 Å². The number of carbonyl (C=O) groups is 1. The van der Waals surface area contributed by atoms with E-state index in [1.165, 1.54) is 31.2 Å². The number of carboxylic acids is 1. The average molecular weight is 475 g/mol. The van der Waals surface area contributed by atoms with Crippen LogP contribution in [0.5, 0.6) is 5.75 Å². The van der Waals surface area contributed by atoms with Crippen molar-refractivity contribution in [2.75, 3.05) is 0 Å². The van der Waals surface area contributed by atoms with Gasteiger partial charge in [0.1, 0.15) is 17.4 Å². The number of benzene rings is 2. The Balaban J connectivity index is 1.40. The van der Waals surface area contributed by atoms with E-state index in [0.717, 1.165) is 55.2 Å². The molecule has 3 atom stereocenters. The first kappa shape index (κ1) is 24.1. The highest BCUT2D eigenvalue weighted by molar-refractivity contribution is 5.90. The summed E-state index contributed by atoms with van der Waals surface area (Å²) in [6, 6.07) is 13.8. The van der Waals surface area contributed by atoms with Crippen molar-refractivity contribution in [1.29, 1.82) is 5.26 Å². The largest absolute Gasteiger partial charge is 0.489 e. The Kier molecular flexibility index (Phi) is 7.02. The fourth-order valence-electron chi connectivity index (χ4n) is 7.05. The summed E-state index contributed by atoms with van der Waals surface area (Å²) in [4.78, 5) is 14.3. The van der Waals surface area contributed by atoms with E-state index >= 15 is 0 Å². The Morgan fingerprint density at radius 2 is 1.80 bits per heavy atom. The molecule has 0 spiro atoms. The Labute approximate surface area is 209 Å². The van der Waals surface area contributed by atoms with Crippen LogP contribution in [0.4, 0.5) is 0 Å². The standard InChI is InChI=1S/C30H38N2O3/c1-3-20-7-12-26(13-8-20)35-29-14-11-21-9-10-22(17-27(21)28(29)18-31)19(2)32-24-5-4-6-25(32)16-23(15-24)30(33)34/h9-11,14,17,19-20,23-26H,3-8,12-13,15-16H2,1-2H3,(H,33,34)/t19?,20-,23?,24?,25?,26+. The second kappa shape index (κ2) is 10.2. The van der Waals surface area contributed by atoms with E-state index in [1.54, 1.807) is 0 Å². The molecule has 5 rings (SSSR count). The minimum absolute atomic E-state index is 0.185. The van der Waals surface area contributed by atoms with Gasteiger partial charge in [-0.05, 0) is 87.3 Å². The first-order chi connectivity index (χ1) is 17.0. The molecule has 3 aliphatic rings. The van der Waals surface area contributed by atoms with Crippen LogP contribution in [0.3, 0.4) is 0 Å². The molecule has 2 aromatic rings. The number of aliphatic carboxylic acids is 1. The molecule has 186 valence electrons. The predicted molar refractivity (Wildman–Crippen MR) is 137 cm³/mol. The highest BCUT2D eigenvalue weighted by atomic mass is 16.5. The molecule has 5 heteroatoms. The van der Waals surface area contributed by atoms with Gasteiger partial charge in [0.25, 0.3) is 0 Å². The molecule has 2 heterocycles. The summed E-state index contributed by atoms with van der Waals surface area (Å²) in [6.07, 6.45) is 10.8. The van der Waals surface area contributed by atoms with Gasteiger partial charge in [0.05, 0.1) is 12.0 Å². The minimum atomic E-state index is -0.644. The zero-order chi connectivity index (χ0) is 24.5. The predicted octanol–water partition coefficient (Wildman–Crippen LogP) is 6.84. The summed E-state index contributed by atoms with van der Waals surface area (Å²) in [5.41, 5.74) is 1.83. The fourth-order valence-corrected chi connectivity index (χ4v) is 7.05. The number of fused-ring (bicyclic) bond motifs is 3. The SMILES string of the molecule is CC[C@H]1CC[C@@H](Oc2ccc3ccc(C(C)N4C5CCCC4CC(C(=O)O)C5)cc3c2C#N)CC1. The van der Waals surface area contributed by atoms with E-state index in [2.05, 4.69) is 49.1 Å². The normalized spacial score (nSPS) is 29.9. The van der Waals surface area contributed by atoms with Crippen molar-refractivity contribution >= 4 is 16.7 Å². The number of hydrogen-bond acceptors (Lipinski definition) is 4. The summed E-state index contributed by atoms with van der Waals surface area (Å²) in [5.74, 6) is 0.659. The lowest BCUT2D eigenvalue weighted by Crippen LogP contribution is -2.53. The molecule has 2 bridgehead atoms. The molecule has 0 amide bonds. The van der Waals surface area contributed by atoms with Crippen LogP contribution in [-0.2, 0) is 4.79 Å². The molecule has 3 unspecified atom stereocenters. The van der Waals surface area contributed by atoms with Crippen LogP contribution < -0.4 is 4.74 Å². The van der Waals surface area contributed by atoms with Crippen molar-refractivity contribution in [2.45, 2.75) is 102 Å². The summed E-state index contributed by atoms with van der Waals surface area (Å²) in [5, 5.41) is 21.8. The fraction of sp³-hybridized carbons (Fsp3) is 0.600. The van der Waals surface area contributed by atoms with E-state index in [1.807, 2.05) is 6.07 Å². The molecular formula is C30H38N2O3. The Hall–Kier alpha value is -2.58. The number of piperidine rings is 2. The van der Waals surface area contributed by atoms with Gasteiger partial charge in [-0.2, -0.15) is 5.26 Å². The summed E-state index contributed by atoms with van der Waals surface area (Å²) in [6.45, 7) is 4.51. The van der Waals surface area contributed by atoms with Gasteiger partial charge in [-0.3, -0.25) is 9.69 Å². The van der Waals surface area contributed by atoms with E-state index in [4.69, 9.17) is 4.74 Å². The van der Waals surface area contributed by atoms with E-state index in [9.17, 15) is 15.2 Å². The maximum Gasteiger partial charge on any atom is 0.306 e. The highest BCUT2D eigenvalue weighted by Gasteiger charge is 2.42. The lowest BCUT2D eigenvalue weighted by molar-refractivity contribution is -0.147. The van der Waals surface area contributed by atoms with Crippen LogP contribution in [0.25, 0.3) is 10.8 Å². The monoisotopic (exact) mass is 474 g/mol. The van der Waals surface area contributed by atoms with Crippen LogP contribution in [0.15, 0.2) is 30.3 Å². The van der Waals surface area contributed by atoms with Crippen molar-refractivity contribution in [2.24, 2.45) is 11.8 Å². The third-order valence-corrected chi connectivity index (χ3v) is 9.09. The Morgan fingerprint density at radius 1 is 1.11 bits per heavy atom. The zero-order valence-corrected chi connectivity index (χ0v) is 21.1. The lowest BCUT2D eigenvalue weighted by atomic mass is 9.77. The number of carboxylic acid groups (broad SMARTS) is 1.